The van der Waals surface area contributed by atoms with Gasteiger partial charge in [-0.3, -0.25) is 9.36 Å². The van der Waals surface area contributed by atoms with Crippen molar-refractivity contribution >= 4 is 40.4 Å². The smallest absolute Gasteiger partial charge is 0.354 e. The molecule has 29 heavy (non-hydrogen) atoms. The van der Waals surface area contributed by atoms with Gasteiger partial charge in [0.05, 0.1) is 0 Å². The van der Waals surface area contributed by atoms with Crippen molar-refractivity contribution in [3.63, 3.8) is 0 Å². The third kappa shape index (κ3) is 5.73. The zero-order valence-corrected chi connectivity index (χ0v) is 15.9. The minimum Gasteiger partial charge on any atom is -0.482 e. The van der Waals surface area contributed by atoms with Crippen LogP contribution in [0.1, 0.15) is 6.92 Å². The monoisotopic (exact) mass is 413 g/mol. The summed E-state index contributed by atoms with van der Waals surface area (Å²) < 4.78 is 6.78. The Hall–Kier alpha value is -4.02. The number of aliphatic carboxylic acids is 2. The van der Waals surface area contributed by atoms with Crippen molar-refractivity contribution in [2.45, 2.75) is 13.5 Å². The number of nitrogens with zero attached hydrogens (tertiary/aromatic N) is 2. The van der Waals surface area contributed by atoms with Crippen LogP contribution in [-0.4, -0.2) is 33.3 Å². The fraction of sp³-hybridized carbons (Fsp3) is 0.158. The van der Waals surface area contributed by atoms with Crippen molar-refractivity contribution in [3.8, 4) is 11.8 Å². The van der Waals surface area contributed by atoms with E-state index in [2.05, 4.69) is 16.8 Å². The van der Waals surface area contributed by atoms with Gasteiger partial charge in [-0.25, -0.2) is 9.59 Å². The summed E-state index contributed by atoms with van der Waals surface area (Å²) in [6, 6.07) is 8.07. The van der Waals surface area contributed by atoms with Gasteiger partial charge >= 0.3 is 11.9 Å². The molecule has 10 heteroatoms. The predicted octanol–water partition coefficient (Wildman–Crippen LogP) is 0.312. The van der Waals surface area contributed by atoms with Crippen LogP contribution in [0.3, 0.4) is 0 Å². The summed E-state index contributed by atoms with van der Waals surface area (Å²) in [5.41, 5.74) is 4.82. The molecule has 0 aliphatic carbocycles. The zero-order chi connectivity index (χ0) is 21.4. The van der Waals surface area contributed by atoms with E-state index in [1.54, 1.807) is 31.2 Å². The molecule has 0 radical (unpaired) electrons. The summed E-state index contributed by atoms with van der Waals surface area (Å²) in [7, 11) is 0. The second kappa shape index (κ2) is 9.78. The number of aromatic nitrogens is 1. The third-order valence-electron chi connectivity index (χ3n) is 3.40. The fourth-order valence-corrected chi connectivity index (χ4v) is 3.11. The van der Waals surface area contributed by atoms with Gasteiger partial charge in [-0.1, -0.05) is 28.9 Å². The quantitative estimate of drug-likeness (QED) is 0.435. The van der Waals surface area contributed by atoms with Crippen molar-refractivity contribution in [1.82, 2.24) is 4.57 Å². The van der Waals surface area contributed by atoms with E-state index < -0.39 is 24.1 Å². The van der Waals surface area contributed by atoms with Crippen LogP contribution in [0.15, 0.2) is 40.8 Å². The second-order valence-electron chi connectivity index (χ2n) is 5.35. The molecule has 2 aromatic rings. The van der Waals surface area contributed by atoms with Crippen LogP contribution in [0.2, 0.25) is 0 Å². The number of hydrogen-bond acceptors (Lipinski definition) is 7. The number of rotatable bonds is 7. The molecule has 0 bridgehead atoms. The zero-order valence-electron chi connectivity index (χ0n) is 15.1. The van der Waals surface area contributed by atoms with Crippen LogP contribution in [0.25, 0.3) is 11.5 Å². The van der Waals surface area contributed by atoms with E-state index in [-0.39, 0.29) is 21.3 Å². The molecule has 0 unspecified atom stereocenters. The van der Waals surface area contributed by atoms with E-state index >= 15 is 0 Å². The Balaban J connectivity index is 2.43. The first-order chi connectivity index (χ1) is 13.8. The Kier molecular flexibility index (Phi) is 7.18. The van der Waals surface area contributed by atoms with E-state index in [4.69, 9.17) is 20.2 Å². The van der Waals surface area contributed by atoms with E-state index in [0.29, 0.717) is 11.4 Å². The lowest BCUT2D eigenvalue weighted by molar-refractivity contribution is -0.139. The number of carboxylic acid groups (broad SMARTS) is 2. The molecule has 1 heterocycles. The largest absolute Gasteiger partial charge is 0.482 e. The number of anilines is 1. The van der Waals surface area contributed by atoms with Crippen molar-refractivity contribution in [2.75, 3.05) is 11.9 Å². The Morgan fingerprint density at radius 3 is 2.76 bits per heavy atom. The summed E-state index contributed by atoms with van der Waals surface area (Å²) in [6.07, 6.45) is 1.39. The Labute approximate surface area is 168 Å². The molecule has 0 spiro atoms. The van der Waals surface area contributed by atoms with Gasteiger partial charge in [0.25, 0.3) is 5.56 Å². The second-order valence-corrected chi connectivity index (χ2v) is 6.35. The van der Waals surface area contributed by atoms with Crippen LogP contribution in [0, 0.1) is 11.3 Å². The molecule has 0 aliphatic heterocycles. The summed E-state index contributed by atoms with van der Waals surface area (Å²) in [5.74, 6) is -2.16. The van der Waals surface area contributed by atoms with Crippen molar-refractivity contribution in [1.29, 1.82) is 5.26 Å². The lowest BCUT2D eigenvalue weighted by atomic mass is 10.3. The number of nitriles is 1. The number of ether oxygens (including phenoxy) is 1. The SMILES string of the molecule is CCn1c(=C=C(C#N)C(=O)O)sc(=C=CNc2cccc(OCC(=O)O)c2)c1=O. The van der Waals surface area contributed by atoms with Crippen LogP contribution in [0.4, 0.5) is 5.69 Å². The van der Waals surface area contributed by atoms with Gasteiger partial charge in [0.15, 0.2) is 12.2 Å². The molecule has 148 valence electrons. The van der Waals surface area contributed by atoms with Gasteiger partial charge in [-0.05, 0) is 19.1 Å². The first-order valence-corrected chi connectivity index (χ1v) is 8.97. The highest BCUT2D eigenvalue weighted by molar-refractivity contribution is 7.07. The molecule has 0 amide bonds. The minimum atomic E-state index is -1.43. The molecule has 0 aliphatic rings. The summed E-state index contributed by atoms with van der Waals surface area (Å²) in [4.78, 5) is 34.0. The molecular formula is C19H15N3O6S. The highest BCUT2D eigenvalue weighted by atomic mass is 32.1. The Morgan fingerprint density at radius 2 is 2.14 bits per heavy atom. The average molecular weight is 413 g/mol. The lowest BCUT2D eigenvalue weighted by Gasteiger charge is -2.05. The molecule has 0 atom stereocenters. The Bertz CT molecular complexity index is 1240. The van der Waals surface area contributed by atoms with E-state index in [1.165, 1.54) is 16.8 Å². The molecule has 1 aromatic heterocycles. The predicted molar refractivity (Wildman–Crippen MR) is 105 cm³/mol. The van der Waals surface area contributed by atoms with Gasteiger partial charge in [-0.2, -0.15) is 5.26 Å². The standard InChI is InChI=1S/C19H15N3O6S/c1-2-22-16(8-12(10-20)19(26)27)29-15(18(22)25)6-7-21-13-4-3-5-14(9-13)28-11-17(23)24/h3-5,7,9,21H,2,11H2,1H3,(H,23,24)(H,26,27). The molecule has 3 N–H and O–H groups in total. The number of carboxylic acids is 2. The normalized spacial score (nSPS) is 9.52. The molecule has 0 saturated heterocycles. The van der Waals surface area contributed by atoms with Crippen LogP contribution in [-0.2, 0) is 16.1 Å². The van der Waals surface area contributed by atoms with Crippen molar-refractivity contribution in [3.05, 3.63) is 55.6 Å². The highest BCUT2D eigenvalue weighted by Gasteiger charge is 2.06. The van der Waals surface area contributed by atoms with Crippen LogP contribution >= 0.6 is 11.3 Å². The van der Waals surface area contributed by atoms with Gasteiger partial charge in [0.2, 0.25) is 0 Å². The molecule has 1 aromatic carbocycles. The number of hydrogen-bond donors (Lipinski definition) is 3. The summed E-state index contributed by atoms with van der Waals surface area (Å²) in [6.45, 7) is 1.51. The summed E-state index contributed by atoms with van der Waals surface area (Å²) in [5, 5.41) is 29.3. The fourth-order valence-electron chi connectivity index (χ4n) is 2.12. The van der Waals surface area contributed by atoms with Gasteiger partial charge in [0.1, 0.15) is 21.0 Å². The maximum Gasteiger partial charge on any atom is 0.354 e. The average Bonchev–Trinajstić information content (AvgIpc) is 2.99. The summed E-state index contributed by atoms with van der Waals surface area (Å²) >= 11 is 0.953. The maximum absolute atomic E-state index is 12.4. The minimum absolute atomic E-state index is 0.197. The molecule has 0 saturated carbocycles. The van der Waals surface area contributed by atoms with E-state index in [0.717, 1.165) is 11.3 Å². The molecule has 9 nitrogen and oxygen atoms in total. The van der Waals surface area contributed by atoms with Crippen molar-refractivity contribution in [2.24, 2.45) is 0 Å². The van der Waals surface area contributed by atoms with Gasteiger partial charge in [-0.15, -0.1) is 0 Å². The highest BCUT2D eigenvalue weighted by Crippen LogP contribution is 2.17. The van der Waals surface area contributed by atoms with Gasteiger partial charge in [0, 0.05) is 24.5 Å². The van der Waals surface area contributed by atoms with Gasteiger partial charge < -0.3 is 20.3 Å². The van der Waals surface area contributed by atoms with E-state index in [9.17, 15) is 14.4 Å². The maximum atomic E-state index is 12.4. The molecule has 2 rings (SSSR count). The number of nitrogens with one attached hydrogen (secondary N) is 1. The molecule has 0 fully saturated rings. The number of thiazole rings is 1. The number of benzene rings is 1. The number of carbonyl (C=O) groups is 2. The topological polar surface area (TPSA) is 142 Å². The first-order valence-electron chi connectivity index (χ1n) is 8.16. The van der Waals surface area contributed by atoms with E-state index in [1.807, 2.05) is 0 Å². The first kappa shape index (κ1) is 21.3. The lowest BCUT2D eigenvalue weighted by Crippen LogP contribution is -2.30. The van der Waals surface area contributed by atoms with Crippen molar-refractivity contribution < 1.29 is 24.5 Å². The third-order valence-corrected chi connectivity index (χ3v) is 4.41. The molecular weight excluding hydrogens is 398 g/mol. The van der Waals surface area contributed by atoms with Crippen LogP contribution in [0.5, 0.6) is 5.75 Å². The Morgan fingerprint density at radius 1 is 1.38 bits per heavy atom. The van der Waals surface area contributed by atoms with Crippen LogP contribution < -0.4 is 24.8 Å².